The topological polar surface area (TPSA) is 198 Å². The van der Waals surface area contributed by atoms with Crippen molar-refractivity contribution in [2.24, 2.45) is 0 Å². The standard InChI is InChI=1S/C28H28N4O10S/c1-13(33)41-17-11-10-16(12-18(17)42-14(2)34)29-23(36)24(37)30-19(15-8-6-5-7-9-15)22(35)31-20-25(38)32-21(27(39)40)28(3,4)43-26(20)32/h5-12,19-21,26H,1-4H3,(H,29,36)(H,30,37)(H,31,35)(H,39,40)/t19?,20-,21+,26-/m1/s1. The van der Waals surface area contributed by atoms with Crippen LogP contribution < -0.4 is 25.4 Å². The summed E-state index contributed by atoms with van der Waals surface area (Å²) in [6, 6.07) is 8.25. The minimum atomic E-state index is -1.39. The number of esters is 2. The fraction of sp³-hybridized carbons (Fsp3) is 0.321. The third kappa shape index (κ3) is 6.61. The Hall–Kier alpha value is -4.92. The molecule has 2 fully saturated rings. The second kappa shape index (κ2) is 12.1. The predicted molar refractivity (Wildman–Crippen MR) is 151 cm³/mol. The minimum Gasteiger partial charge on any atom is -0.480 e. The maximum atomic E-state index is 13.4. The number of fused-ring (bicyclic) bond motifs is 1. The molecule has 2 saturated heterocycles. The first-order valence-electron chi connectivity index (χ1n) is 12.9. The van der Waals surface area contributed by atoms with Gasteiger partial charge in [0.05, 0.1) is 0 Å². The van der Waals surface area contributed by atoms with E-state index in [1.54, 1.807) is 44.2 Å². The third-order valence-corrected chi connectivity index (χ3v) is 8.13. The highest BCUT2D eigenvalue weighted by molar-refractivity contribution is 8.01. The molecule has 0 bridgehead atoms. The van der Waals surface area contributed by atoms with Crippen LogP contribution in [0.2, 0.25) is 0 Å². The van der Waals surface area contributed by atoms with E-state index in [4.69, 9.17) is 9.47 Å². The average Bonchev–Trinajstić information content (AvgIpc) is 3.19. The van der Waals surface area contributed by atoms with Crippen LogP contribution in [0.4, 0.5) is 5.69 Å². The summed E-state index contributed by atoms with van der Waals surface area (Å²) in [7, 11) is 0. The second-order valence-corrected chi connectivity index (χ2v) is 12.0. The molecule has 2 heterocycles. The summed E-state index contributed by atoms with van der Waals surface area (Å²) in [5, 5.41) is 16.3. The number of thioether (sulfide) groups is 1. The lowest BCUT2D eigenvalue weighted by molar-refractivity contribution is -0.161. The number of nitrogens with zero attached hydrogens (tertiary/aromatic N) is 1. The second-order valence-electron chi connectivity index (χ2n) is 10.2. The number of carboxylic acid groups (broad SMARTS) is 1. The predicted octanol–water partition coefficient (Wildman–Crippen LogP) is 0.965. The molecule has 0 aliphatic carbocycles. The normalized spacial score (nSPS) is 20.5. The Balaban J connectivity index is 1.49. The number of hydrogen-bond donors (Lipinski definition) is 4. The van der Waals surface area contributed by atoms with Crippen molar-refractivity contribution in [2.45, 2.75) is 55.9 Å². The molecule has 0 radical (unpaired) electrons. The summed E-state index contributed by atoms with van der Waals surface area (Å²) >= 11 is 1.24. The Bertz CT molecular complexity index is 1510. The van der Waals surface area contributed by atoms with E-state index in [0.29, 0.717) is 5.56 Å². The first-order chi connectivity index (χ1) is 20.2. The van der Waals surface area contributed by atoms with E-state index in [1.807, 2.05) is 0 Å². The number of ether oxygens (including phenoxy) is 2. The van der Waals surface area contributed by atoms with Crippen LogP contribution in [-0.4, -0.2) is 73.7 Å². The number of benzene rings is 2. The monoisotopic (exact) mass is 612 g/mol. The Morgan fingerprint density at radius 3 is 2.16 bits per heavy atom. The number of β-lactam (4-membered cyclic amide) rings is 1. The lowest BCUT2D eigenvalue weighted by Crippen LogP contribution is -2.71. The number of carbonyl (C=O) groups excluding carboxylic acids is 6. The van der Waals surface area contributed by atoms with E-state index in [1.165, 1.54) is 34.9 Å². The molecule has 4 atom stereocenters. The molecule has 43 heavy (non-hydrogen) atoms. The number of carboxylic acids is 1. The Kier molecular flexibility index (Phi) is 8.75. The molecule has 15 heteroatoms. The zero-order valence-corrected chi connectivity index (χ0v) is 24.2. The molecule has 0 saturated carbocycles. The summed E-state index contributed by atoms with van der Waals surface area (Å²) < 4.78 is 9.20. The summed E-state index contributed by atoms with van der Waals surface area (Å²) in [6.07, 6.45) is 0. The molecule has 0 aromatic heterocycles. The molecule has 2 aliphatic heterocycles. The highest BCUT2D eigenvalue weighted by Gasteiger charge is 2.64. The zero-order chi connectivity index (χ0) is 31.6. The first kappa shape index (κ1) is 31.0. The SMILES string of the molecule is CC(=O)Oc1ccc(NC(=O)C(=O)NC(C(=O)N[C@@H]2C(=O)N3[C@@H]2SC(C)(C)[C@@H]3C(=O)O)c2ccccc2)cc1OC(C)=O. The molecular weight excluding hydrogens is 584 g/mol. The first-order valence-corrected chi connectivity index (χ1v) is 13.8. The van der Waals surface area contributed by atoms with Gasteiger partial charge in [-0.2, -0.15) is 0 Å². The van der Waals surface area contributed by atoms with Crippen LogP contribution in [0.5, 0.6) is 11.5 Å². The number of carbonyl (C=O) groups is 7. The van der Waals surface area contributed by atoms with Gasteiger partial charge in [0, 0.05) is 30.3 Å². The van der Waals surface area contributed by atoms with Crippen molar-refractivity contribution in [1.29, 1.82) is 0 Å². The number of amides is 4. The van der Waals surface area contributed by atoms with Crippen LogP contribution >= 0.6 is 11.8 Å². The summed E-state index contributed by atoms with van der Waals surface area (Å²) in [4.78, 5) is 87.8. The summed E-state index contributed by atoms with van der Waals surface area (Å²) in [6.45, 7) is 5.67. The number of nitrogens with one attached hydrogen (secondary N) is 3. The lowest BCUT2D eigenvalue weighted by Gasteiger charge is -2.44. The molecule has 14 nitrogen and oxygen atoms in total. The van der Waals surface area contributed by atoms with Crippen molar-refractivity contribution in [2.75, 3.05) is 5.32 Å². The highest BCUT2D eigenvalue weighted by Crippen LogP contribution is 2.50. The van der Waals surface area contributed by atoms with E-state index >= 15 is 0 Å². The van der Waals surface area contributed by atoms with E-state index in [9.17, 15) is 38.7 Å². The smallest absolute Gasteiger partial charge is 0.327 e. The van der Waals surface area contributed by atoms with Crippen molar-refractivity contribution in [3.63, 3.8) is 0 Å². The molecule has 1 unspecified atom stereocenters. The number of aliphatic carboxylic acids is 1. The van der Waals surface area contributed by atoms with E-state index in [2.05, 4.69) is 16.0 Å². The molecule has 4 rings (SSSR count). The van der Waals surface area contributed by atoms with Gasteiger partial charge in [-0.3, -0.25) is 28.8 Å². The van der Waals surface area contributed by atoms with Crippen molar-refractivity contribution >= 4 is 59.0 Å². The molecule has 4 amide bonds. The molecule has 2 aromatic carbocycles. The zero-order valence-electron chi connectivity index (χ0n) is 23.4. The van der Waals surface area contributed by atoms with Crippen LogP contribution in [0.15, 0.2) is 48.5 Å². The average molecular weight is 613 g/mol. The molecule has 2 aliphatic rings. The van der Waals surface area contributed by atoms with Gasteiger partial charge < -0.3 is 35.4 Å². The lowest BCUT2D eigenvalue weighted by atomic mass is 9.95. The van der Waals surface area contributed by atoms with Gasteiger partial charge in [0.1, 0.15) is 23.5 Å². The van der Waals surface area contributed by atoms with Crippen molar-refractivity contribution in [3.8, 4) is 11.5 Å². The largest absolute Gasteiger partial charge is 0.480 e. The van der Waals surface area contributed by atoms with E-state index in [-0.39, 0.29) is 17.2 Å². The number of hydrogen-bond acceptors (Lipinski definition) is 10. The quantitative estimate of drug-likeness (QED) is 0.143. The fourth-order valence-corrected chi connectivity index (χ4v) is 6.40. The van der Waals surface area contributed by atoms with Crippen LogP contribution in [0.3, 0.4) is 0 Å². The highest BCUT2D eigenvalue weighted by atomic mass is 32.2. The summed E-state index contributed by atoms with van der Waals surface area (Å²) in [5.41, 5.74) is 0.331. The van der Waals surface area contributed by atoms with Gasteiger partial charge in [0.2, 0.25) is 11.8 Å². The van der Waals surface area contributed by atoms with Gasteiger partial charge in [-0.25, -0.2) is 4.79 Å². The van der Waals surface area contributed by atoms with Gasteiger partial charge >= 0.3 is 29.7 Å². The minimum absolute atomic E-state index is 0.0158. The summed E-state index contributed by atoms with van der Waals surface area (Å²) in [5.74, 6) is -6.56. The van der Waals surface area contributed by atoms with Gasteiger partial charge in [-0.1, -0.05) is 30.3 Å². The van der Waals surface area contributed by atoms with Crippen LogP contribution in [0.1, 0.15) is 39.3 Å². The third-order valence-electron chi connectivity index (χ3n) is 6.56. The molecular formula is C28H28N4O10S. The Morgan fingerprint density at radius 1 is 0.930 bits per heavy atom. The van der Waals surface area contributed by atoms with Gasteiger partial charge in [-0.05, 0) is 31.5 Å². The van der Waals surface area contributed by atoms with Gasteiger partial charge in [0.15, 0.2) is 11.5 Å². The number of anilines is 1. The van der Waals surface area contributed by atoms with Crippen LogP contribution in [0, 0.1) is 0 Å². The van der Waals surface area contributed by atoms with Gasteiger partial charge in [0.25, 0.3) is 0 Å². The molecule has 0 spiro atoms. The van der Waals surface area contributed by atoms with Crippen molar-refractivity contribution < 1.29 is 48.1 Å². The van der Waals surface area contributed by atoms with Crippen molar-refractivity contribution in [3.05, 3.63) is 54.1 Å². The van der Waals surface area contributed by atoms with E-state index < -0.39 is 69.8 Å². The number of rotatable bonds is 8. The fourth-order valence-electron chi connectivity index (χ4n) is 4.77. The Labute approximate surface area is 249 Å². The maximum absolute atomic E-state index is 13.4. The molecule has 2 aromatic rings. The van der Waals surface area contributed by atoms with E-state index in [0.717, 1.165) is 13.8 Å². The maximum Gasteiger partial charge on any atom is 0.327 e. The van der Waals surface area contributed by atoms with Gasteiger partial charge in [-0.15, -0.1) is 11.8 Å². The van der Waals surface area contributed by atoms with Crippen LogP contribution in [0.25, 0.3) is 0 Å². The van der Waals surface area contributed by atoms with Crippen molar-refractivity contribution in [1.82, 2.24) is 15.5 Å². The Morgan fingerprint density at radius 2 is 1.56 bits per heavy atom. The molecule has 226 valence electrons. The van der Waals surface area contributed by atoms with Crippen LogP contribution in [-0.2, 0) is 33.6 Å². The molecule has 4 N–H and O–H groups in total.